The number of aromatic amines is 1. The smallest absolute Gasteiger partial charge is 0.274 e. The number of rotatable bonds is 11. The van der Waals surface area contributed by atoms with Crippen LogP contribution in [0.15, 0.2) is 83.8 Å². The fourth-order valence-corrected chi connectivity index (χ4v) is 9.02. The molecule has 0 unspecified atom stereocenters. The third-order valence-electron chi connectivity index (χ3n) is 12.8. The normalized spacial score (nSPS) is 16.8. The lowest BCUT2D eigenvalue weighted by atomic mass is 9.95. The van der Waals surface area contributed by atoms with Gasteiger partial charge >= 0.3 is 0 Å². The van der Waals surface area contributed by atoms with Crippen LogP contribution in [0.4, 0.5) is 10.1 Å². The Morgan fingerprint density at radius 2 is 1.44 bits per heavy atom. The number of amides is 3. The highest BCUT2D eigenvalue weighted by atomic mass is 19.1. The molecule has 1 N–H and O–H groups in total. The van der Waals surface area contributed by atoms with Crippen molar-refractivity contribution in [2.75, 3.05) is 97.5 Å². The Balaban J connectivity index is 0.768. The van der Waals surface area contributed by atoms with Gasteiger partial charge in [-0.25, -0.2) is 14.5 Å². The van der Waals surface area contributed by atoms with Crippen LogP contribution in [-0.4, -0.2) is 150 Å². The lowest BCUT2D eigenvalue weighted by Gasteiger charge is -2.40. The number of nitrogens with one attached hydrogen (secondary N) is 1. The Bertz CT molecular complexity index is 2480. The summed E-state index contributed by atoms with van der Waals surface area (Å²) in [6.45, 7) is 9.70. The largest absolute Gasteiger partial charge is 0.376 e. The Labute approximate surface area is 362 Å². The van der Waals surface area contributed by atoms with Crippen LogP contribution in [-0.2, 0) is 17.6 Å². The number of hydrogen-bond acceptors (Lipinski definition) is 9. The van der Waals surface area contributed by atoms with Crippen LogP contribution < -0.4 is 10.5 Å². The molecule has 14 heteroatoms. The SMILES string of the molecule is CCc1cccc(-c2cnc(C(=O)N3CCC(CN4CCN(CC(=O)N5CCN(C(=O)c6cc(Cc7n[nH]c(=O)c8ccccc78)ccc6F)CC5)CC4)CC3)c(N(C)C)c2)c1. The first kappa shape index (κ1) is 42.7. The van der Waals surface area contributed by atoms with E-state index in [4.69, 9.17) is 4.98 Å². The second kappa shape index (κ2) is 19.0. The third kappa shape index (κ3) is 9.56. The molecule has 3 fully saturated rings. The van der Waals surface area contributed by atoms with E-state index in [9.17, 15) is 19.2 Å². The molecule has 3 aliphatic heterocycles. The molecule has 62 heavy (non-hydrogen) atoms. The molecule has 324 valence electrons. The minimum absolute atomic E-state index is 0.0147. The minimum atomic E-state index is -0.598. The summed E-state index contributed by atoms with van der Waals surface area (Å²) in [6, 6.07) is 22.2. The van der Waals surface area contributed by atoms with E-state index < -0.39 is 11.7 Å². The predicted molar refractivity (Wildman–Crippen MR) is 239 cm³/mol. The number of hydrogen-bond donors (Lipinski definition) is 1. The van der Waals surface area contributed by atoms with Crippen molar-refractivity contribution in [2.24, 2.45) is 5.92 Å². The number of piperazine rings is 2. The van der Waals surface area contributed by atoms with Gasteiger partial charge in [0.1, 0.15) is 5.82 Å². The Morgan fingerprint density at radius 3 is 2.16 bits per heavy atom. The second-order valence-corrected chi connectivity index (χ2v) is 17.1. The van der Waals surface area contributed by atoms with Crippen molar-refractivity contribution >= 4 is 34.2 Å². The molecule has 3 aliphatic rings. The van der Waals surface area contributed by atoms with Gasteiger partial charge in [-0.2, -0.15) is 5.10 Å². The molecule has 0 atom stereocenters. The van der Waals surface area contributed by atoms with E-state index in [2.05, 4.69) is 57.3 Å². The van der Waals surface area contributed by atoms with Gasteiger partial charge in [-0.1, -0.05) is 55.5 Å². The van der Waals surface area contributed by atoms with Crippen LogP contribution in [0.1, 0.15) is 57.4 Å². The zero-order valence-corrected chi connectivity index (χ0v) is 36.0. The lowest BCUT2D eigenvalue weighted by molar-refractivity contribution is -0.134. The number of aromatic nitrogens is 3. The van der Waals surface area contributed by atoms with E-state index in [0.29, 0.717) is 85.9 Å². The number of H-pyrrole nitrogens is 1. The first-order valence-electron chi connectivity index (χ1n) is 21.9. The predicted octanol–water partition coefficient (Wildman–Crippen LogP) is 4.80. The van der Waals surface area contributed by atoms with Crippen LogP contribution in [0.5, 0.6) is 0 Å². The van der Waals surface area contributed by atoms with Crippen molar-refractivity contribution in [3.8, 4) is 11.1 Å². The first-order chi connectivity index (χ1) is 30.0. The number of piperidine rings is 1. The molecule has 5 aromatic rings. The van der Waals surface area contributed by atoms with Crippen LogP contribution in [0, 0.1) is 11.7 Å². The zero-order valence-electron chi connectivity index (χ0n) is 36.0. The maximum absolute atomic E-state index is 15.0. The van der Waals surface area contributed by atoms with E-state index >= 15 is 4.39 Å². The number of carbonyl (C=O) groups excluding carboxylic acids is 3. The van der Waals surface area contributed by atoms with E-state index in [1.807, 2.05) is 47.1 Å². The number of fused-ring (bicyclic) bond motifs is 1. The summed E-state index contributed by atoms with van der Waals surface area (Å²) < 4.78 is 15.0. The molecule has 3 aromatic carbocycles. The molecule has 5 heterocycles. The Morgan fingerprint density at radius 1 is 0.742 bits per heavy atom. The van der Waals surface area contributed by atoms with E-state index in [-0.39, 0.29) is 22.9 Å². The van der Waals surface area contributed by atoms with E-state index in [1.165, 1.54) is 11.6 Å². The molecule has 2 aromatic heterocycles. The van der Waals surface area contributed by atoms with Gasteiger partial charge in [0, 0.05) is 110 Å². The number of carbonyl (C=O) groups is 3. The Kier molecular flexibility index (Phi) is 13.1. The van der Waals surface area contributed by atoms with Crippen molar-refractivity contribution < 1.29 is 18.8 Å². The highest BCUT2D eigenvalue weighted by Gasteiger charge is 2.31. The maximum atomic E-state index is 15.0. The number of likely N-dealkylation sites (tertiary alicyclic amines) is 1. The van der Waals surface area contributed by atoms with Gasteiger partial charge in [-0.15, -0.1) is 0 Å². The molecule has 13 nitrogen and oxygen atoms in total. The van der Waals surface area contributed by atoms with Crippen LogP contribution in [0.3, 0.4) is 0 Å². The lowest BCUT2D eigenvalue weighted by Crippen LogP contribution is -2.55. The summed E-state index contributed by atoms with van der Waals surface area (Å²) in [4.78, 5) is 69.7. The molecule has 0 bridgehead atoms. The molecule has 0 saturated carbocycles. The van der Waals surface area contributed by atoms with Gasteiger partial charge in [0.15, 0.2) is 5.69 Å². The molecular weight excluding hydrogens is 786 g/mol. The summed E-state index contributed by atoms with van der Waals surface area (Å²) in [6.07, 6.45) is 4.99. The third-order valence-corrected chi connectivity index (χ3v) is 12.8. The Hall–Kier alpha value is -5.99. The zero-order chi connectivity index (χ0) is 43.3. The summed E-state index contributed by atoms with van der Waals surface area (Å²) >= 11 is 0. The molecule has 3 saturated heterocycles. The second-order valence-electron chi connectivity index (χ2n) is 17.1. The van der Waals surface area contributed by atoms with Crippen molar-refractivity contribution in [3.63, 3.8) is 0 Å². The summed E-state index contributed by atoms with van der Waals surface area (Å²) in [5.41, 5.74) is 5.73. The van der Waals surface area contributed by atoms with Gasteiger partial charge in [0.05, 0.1) is 28.9 Å². The molecule has 0 radical (unpaired) electrons. The summed E-state index contributed by atoms with van der Waals surface area (Å²) in [7, 11) is 3.91. The maximum Gasteiger partial charge on any atom is 0.274 e. The van der Waals surface area contributed by atoms with Crippen molar-refractivity contribution in [1.82, 2.24) is 39.7 Å². The number of benzene rings is 3. The molecule has 0 aliphatic carbocycles. The monoisotopic (exact) mass is 841 g/mol. The van der Waals surface area contributed by atoms with Gasteiger partial charge in [0.2, 0.25) is 5.91 Å². The van der Waals surface area contributed by atoms with Crippen LogP contribution in [0.25, 0.3) is 21.9 Å². The standard InChI is InChI=1S/C48H56FN9O4/c1-4-33-8-7-9-36(26-33)37-29-43(53(2)3)45(50-30-37)48(62)57-16-14-34(15-17-57)31-54-18-20-55(21-19-54)32-44(59)56-22-24-58(25-23-56)47(61)40-27-35(12-13-41(40)49)28-42-38-10-5-6-11-39(38)46(60)52-51-42/h5-13,26-27,29-30,34H,4,14-25,28,31-32H2,1-3H3,(H,52,60). The van der Waals surface area contributed by atoms with Crippen LogP contribution in [0.2, 0.25) is 0 Å². The van der Waals surface area contributed by atoms with Crippen molar-refractivity contribution in [3.05, 3.63) is 123 Å². The molecule has 3 amide bonds. The number of anilines is 1. The quantitative estimate of drug-likeness (QED) is 0.200. The van der Waals surface area contributed by atoms with E-state index in [1.54, 1.807) is 29.2 Å². The average molecular weight is 842 g/mol. The van der Waals surface area contributed by atoms with Gasteiger partial charge in [-0.05, 0) is 66.1 Å². The van der Waals surface area contributed by atoms with Gasteiger partial charge in [-0.3, -0.25) is 24.1 Å². The van der Waals surface area contributed by atoms with Gasteiger partial charge < -0.3 is 24.5 Å². The highest BCUT2D eigenvalue weighted by molar-refractivity contribution is 5.98. The fraction of sp³-hybridized carbons (Fsp3) is 0.417. The van der Waals surface area contributed by atoms with Crippen molar-refractivity contribution in [2.45, 2.75) is 32.6 Å². The van der Waals surface area contributed by atoms with Gasteiger partial charge in [0.25, 0.3) is 17.4 Å². The number of pyridine rings is 1. The highest BCUT2D eigenvalue weighted by Crippen LogP contribution is 2.29. The first-order valence-corrected chi connectivity index (χ1v) is 21.9. The average Bonchev–Trinajstić information content (AvgIpc) is 3.31. The minimum Gasteiger partial charge on any atom is -0.376 e. The molecule has 0 spiro atoms. The summed E-state index contributed by atoms with van der Waals surface area (Å²) in [5.74, 6) is -0.468. The van der Waals surface area contributed by atoms with E-state index in [0.717, 1.165) is 68.8 Å². The fourth-order valence-electron chi connectivity index (χ4n) is 9.02. The molecular formula is C48H56FN9O4. The molecule has 8 rings (SSSR count). The number of aryl methyl sites for hydroxylation is 1. The van der Waals surface area contributed by atoms with Crippen molar-refractivity contribution in [1.29, 1.82) is 0 Å². The topological polar surface area (TPSA) is 129 Å². The number of halogens is 1. The number of nitrogens with zero attached hydrogens (tertiary/aromatic N) is 8. The summed E-state index contributed by atoms with van der Waals surface area (Å²) in [5, 5.41) is 8.00. The van der Waals surface area contributed by atoms with Crippen LogP contribution >= 0.6 is 0 Å².